The molecule has 0 saturated carbocycles. The van der Waals surface area contributed by atoms with E-state index in [9.17, 15) is 4.79 Å². The molecule has 9 heteroatoms. The molecule has 4 rings (SSSR count). The SMILES string of the molecule is CCn1ccc(-c2cc(-c3ncn(C)n3)cc([C@@H](C)NC(=O)c3cc(OCCN(C)C)ccc3C)c2)n1. The maximum Gasteiger partial charge on any atom is 0.252 e. The highest BCUT2D eigenvalue weighted by Crippen LogP contribution is 2.29. The molecule has 1 N–H and O–H groups in total. The van der Waals surface area contributed by atoms with E-state index in [4.69, 9.17) is 4.74 Å². The van der Waals surface area contributed by atoms with Gasteiger partial charge in [-0.05, 0) is 82.4 Å². The van der Waals surface area contributed by atoms with Gasteiger partial charge in [-0.25, -0.2) is 4.98 Å². The van der Waals surface area contributed by atoms with Crippen LogP contribution in [0.3, 0.4) is 0 Å². The molecule has 2 heterocycles. The first-order valence-corrected chi connectivity index (χ1v) is 12.5. The lowest BCUT2D eigenvalue weighted by Gasteiger charge is -2.18. The second-order valence-electron chi connectivity index (χ2n) is 9.47. The van der Waals surface area contributed by atoms with Crippen LogP contribution in [0.25, 0.3) is 22.6 Å². The molecular weight excluding hydrogens is 466 g/mol. The number of hydrogen-bond acceptors (Lipinski definition) is 6. The molecule has 0 unspecified atom stereocenters. The summed E-state index contributed by atoms with van der Waals surface area (Å²) < 4.78 is 9.42. The number of hydrogen-bond donors (Lipinski definition) is 1. The molecular formula is C28H35N7O2. The third-order valence-corrected chi connectivity index (χ3v) is 6.18. The van der Waals surface area contributed by atoms with Crippen LogP contribution < -0.4 is 10.1 Å². The predicted molar refractivity (Wildman–Crippen MR) is 144 cm³/mol. The third kappa shape index (κ3) is 6.42. The van der Waals surface area contributed by atoms with Crippen molar-refractivity contribution in [2.45, 2.75) is 33.4 Å². The summed E-state index contributed by atoms with van der Waals surface area (Å²) in [5.41, 5.74) is 5.10. The van der Waals surface area contributed by atoms with Gasteiger partial charge in [0.15, 0.2) is 5.82 Å². The maximum absolute atomic E-state index is 13.3. The fourth-order valence-electron chi connectivity index (χ4n) is 3.98. The van der Waals surface area contributed by atoms with Crippen molar-refractivity contribution < 1.29 is 9.53 Å². The average molecular weight is 502 g/mol. The number of rotatable bonds is 10. The largest absolute Gasteiger partial charge is 0.492 e. The Morgan fingerprint density at radius 1 is 1.11 bits per heavy atom. The van der Waals surface area contributed by atoms with E-state index in [1.807, 2.05) is 82.3 Å². The highest BCUT2D eigenvalue weighted by molar-refractivity contribution is 5.96. The van der Waals surface area contributed by atoms with Crippen LogP contribution in [0.2, 0.25) is 0 Å². The third-order valence-electron chi connectivity index (χ3n) is 6.18. The second-order valence-corrected chi connectivity index (χ2v) is 9.47. The number of carbonyl (C=O) groups is 1. The van der Waals surface area contributed by atoms with Crippen molar-refractivity contribution in [3.63, 3.8) is 0 Å². The Kier molecular flexibility index (Phi) is 8.03. The van der Waals surface area contributed by atoms with Gasteiger partial charge in [-0.3, -0.25) is 14.2 Å². The number of carbonyl (C=O) groups excluding carboxylic acids is 1. The van der Waals surface area contributed by atoms with Gasteiger partial charge in [0.2, 0.25) is 0 Å². The van der Waals surface area contributed by atoms with Crippen LogP contribution in [0.15, 0.2) is 55.0 Å². The standard InChI is InChI=1S/C28H35N7O2/c1-7-35-11-10-26(31-35)22-14-21(15-23(16-22)27-29-18-34(6)32-27)20(3)30-28(36)25-17-24(9-8-19(25)2)37-13-12-33(4)5/h8-11,14-18,20H,7,12-13H2,1-6H3,(H,30,36)/t20-/m1/s1. The smallest absolute Gasteiger partial charge is 0.252 e. The summed E-state index contributed by atoms with van der Waals surface area (Å²) in [6.45, 7) is 8.10. The monoisotopic (exact) mass is 501 g/mol. The van der Waals surface area contributed by atoms with E-state index < -0.39 is 0 Å². The molecule has 194 valence electrons. The number of amides is 1. The van der Waals surface area contributed by atoms with Crippen molar-refractivity contribution in [3.8, 4) is 28.4 Å². The highest BCUT2D eigenvalue weighted by Gasteiger charge is 2.18. The molecule has 37 heavy (non-hydrogen) atoms. The zero-order valence-electron chi connectivity index (χ0n) is 22.4. The normalized spacial score (nSPS) is 12.1. The molecule has 9 nitrogen and oxygen atoms in total. The summed E-state index contributed by atoms with van der Waals surface area (Å²) in [4.78, 5) is 19.8. The molecule has 0 fully saturated rings. The van der Waals surface area contributed by atoms with Crippen LogP contribution in [-0.2, 0) is 13.6 Å². The van der Waals surface area contributed by atoms with Gasteiger partial charge >= 0.3 is 0 Å². The Hall–Kier alpha value is -3.98. The van der Waals surface area contributed by atoms with Crippen LogP contribution in [0.4, 0.5) is 0 Å². The minimum absolute atomic E-state index is 0.152. The van der Waals surface area contributed by atoms with Crippen LogP contribution in [0.1, 0.15) is 41.4 Å². The van der Waals surface area contributed by atoms with Crippen molar-refractivity contribution >= 4 is 5.91 Å². The first-order valence-electron chi connectivity index (χ1n) is 12.5. The molecule has 2 aromatic carbocycles. The highest BCUT2D eigenvalue weighted by atomic mass is 16.5. The summed E-state index contributed by atoms with van der Waals surface area (Å²) >= 11 is 0. The maximum atomic E-state index is 13.3. The molecule has 0 spiro atoms. The van der Waals surface area contributed by atoms with Crippen molar-refractivity contribution in [2.75, 3.05) is 27.2 Å². The number of aryl methyl sites for hydroxylation is 3. The molecule has 0 radical (unpaired) electrons. The van der Waals surface area contributed by atoms with Gasteiger partial charge in [0.25, 0.3) is 5.91 Å². The van der Waals surface area contributed by atoms with E-state index in [1.165, 1.54) is 0 Å². The number of likely N-dealkylation sites (N-methyl/N-ethyl adjacent to an activating group) is 1. The fourth-order valence-corrected chi connectivity index (χ4v) is 3.98. The van der Waals surface area contributed by atoms with Crippen molar-refractivity contribution in [3.05, 3.63) is 71.7 Å². The molecule has 0 aliphatic heterocycles. The number of nitrogens with zero attached hydrogens (tertiary/aromatic N) is 6. The molecule has 4 aromatic rings. The van der Waals surface area contributed by atoms with Crippen molar-refractivity contribution in [1.29, 1.82) is 0 Å². The zero-order valence-corrected chi connectivity index (χ0v) is 22.4. The van der Waals surface area contributed by atoms with Crippen LogP contribution in [0, 0.1) is 6.92 Å². The van der Waals surface area contributed by atoms with E-state index in [2.05, 4.69) is 38.4 Å². The Labute approximate surface area is 218 Å². The lowest BCUT2D eigenvalue weighted by Crippen LogP contribution is -2.27. The topological polar surface area (TPSA) is 90.1 Å². The minimum atomic E-state index is -0.263. The van der Waals surface area contributed by atoms with Crippen LogP contribution in [0.5, 0.6) is 5.75 Å². The van der Waals surface area contributed by atoms with Gasteiger partial charge in [-0.15, -0.1) is 0 Å². The first kappa shape index (κ1) is 26.1. The zero-order chi connectivity index (χ0) is 26.5. The van der Waals surface area contributed by atoms with E-state index in [-0.39, 0.29) is 11.9 Å². The van der Waals surface area contributed by atoms with Gasteiger partial charge in [0.05, 0.1) is 11.7 Å². The molecule has 2 aromatic heterocycles. The number of ether oxygens (including phenoxy) is 1. The fraction of sp³-hybridized carbons (Fsp3) is 0.357. The molecule has 0 aliphatic carbocycles. The van der Waals surface area contributed by atoms with Gasteiger partial charge in [-0.1, -0.05) is 6.07 Å². The summed E-state index contributed by atoms with van der Waals surface area (Å²) in [5, 5.41) is 12.3. The van der Waals surface area contributed by atoms with E-state index >= 15 is 0 Å². The second kappa shape index (κ2) is 11.4. The van der Waals surface area contributed by atoms with Crippen LogP contribution in [-0.4, -0.2) is 62.6 Å². The Morgan fingerprint density at radius 3 is 2.57 bits per heavy atom. The van der Waals surface area contributed by atoms with Crippen molar-refractivity contribution in [1.82, 2.24) is 34.8 Å². The van der Waals surface area contributed by atoms with E-state index in [0.29, 0.717) is 23.7 Å². The van der Waals surface area contributed by atoms with Gasteiger partial charge in [-0.2, -0.15) is 10.2 Å². The van der Waals surface area contributed by atoms with Gasteiger partial charge < -0.3 is 15.0 Å². The lowest BCUT2D eigenvalue weighted by atomic mass is 9.98. The molecule has 1 amide bonds. The molecule has 0 saturated heterocycles. The summed E-state index contributed by atoms with van der Waals surface area (Å²) in [6, 6.07) is 13.5. The summed E-state index contributed by atoms with van der Waals surface area (Å²) in [6.07, 6.45) is 3.64. The van der Waals surface area contributed by atoms with E-state index in [0.717, 1.165) is 41.0 Å². The Balaban J connectivity index is 1.60. The average Bonchev–Trinajstić information content (AvgIpc) is 3.53. The molecule has 1 atom stereocenters. The summed E-state index contributed by atoms with van der Waals surface area (Å²) in [5.74, 6) is 1.15. The minimum Gasteiger partial charge on any atom is -0.492 e. The number of aromatic nitrogens is 5. The predicted octanol–water partition coefficient (Wildman–Crippen LogP) is 4.11. The summed E-state index contributed by atoms with van der Waals surface area (Å²) in [7, 11) is 5.84. The quantitative estimate of drug-likeness (QED) is 0.352. The number of benzene rings is 2. The number of nitrogens with one attached hydrogen (secondary N) is 1. The van der Waals surface area contributed by atoms with E-state index in [1.54, 1.807) is 11.0 Å². The molecule has 0 bridgehead atoms. The first-order chi connectivity index (χ1) is 17.7. The Bertz CT molecular complexity index is 1370. The molecule has 0 aliphatic rings. The van der Waals surface area contributed by atoms with Gasteiger partial charge in [0, 0.05) is 43.0 Å². The lowest BCUT2D eigenvalue weighted by molar-refractivity contribution is 0.0938. The Morgan fingerprint density at radius 2 is 1.89 bits per heavy atom. The van der Waals surface area contributed by atoms with Crippen LogP contribution >= 0.6 is 0 Å². The van der Waals surface area contributed by atoms with Gasteiger partial charge in [0.1, 0.15) is 18.7 Å². The van der Waals surface area contributed by atoms with Crippen molar-refractivity contribution in [2.24, 2.45) is 7.05 Å².